The number of nitrogens with one attached hydrogen (secondary N) is 2. The molecule has 1 aromatic heterocycles. The van der Waals surface area contributed by atoms with Gasteiger partial charge in [0.2, 0.25) is 0 Å². The Morgan fingerprint density at radius 2 is 2.19 bits per heavy atom. The van der Waals surface area contributed by atoms with Gasteiger partial charge in [0.1, 0.15) is 17.7 Å². The van der Waals surface area contributed by atoms with E-state index >= 15 is 0 Å². The lowest BCUT2D eigenvalue weighted by Crippen LogP contribution is -2.42. The molecule has 1 aromatic carbocycles. The van der Waals surface area contributed by atoms with Crippen molar-refractivity contribution in [3.05, 3.63) is 46.2 Å². The van der Waals surface area contributed by atoms with E-state index in [-0.39, 0.29) is 35.9 Å². The number of guanidine groups is 1. The third-order valence-electron chi connectivity index (χ3n) is 3.44. The van der Waals surface area contributed by atoms with Crippen LogP contribution < -0.4 is 15.4 Å². The number of aromatic nitrogens is 1. The van der Waals surface area contributed by atoms with Crippen LogP contribution in [0, 0.1) is 12.7 Å². The van der Waals surface area contributed by atoms with Gasteiger partial charge in [0, 0.05) is 37.2 Å². The Kier molecular flexibility index (Phi) is 10.5. The number of thiazole rings is 1. The Labute approximate surface area is 175 Å². The lowest BCUT2D eigenvalue weighted by atomic mass is 10.3. The standard InChI is InChI=1S/C18H25FN4OS.HI/c1-13-12-25-17(23-13)8-5-9-21-18(20-3)22-11-14(2)24-16-7-4-6-15(19)10-16;/h4,6-7,10,12,14H,5,8-9,11H2,1-3H3,(H2,20,21,22);1H. The molecule has 2 rings (SSSR count). The number of nitrogens with zero attached hydrogens (tertiary/aromatic N) is 2. The average molecular weight is 492 g/mol. The van der Waals surface area contributed by atoms with Crippen molar-refractivity contribution in [1.82, 2.24) is 15.6 Å². The van der Waals surface area contributed by atoms with E-state index in [9.17, 15) is 4.39 Å². The van der Waals surface area contributed by atoms with Crippen molar-refractivity contribution in [3.8, 4) is 5.75 Å². The first-order valence-electron chi connectivity index (χ1n) is 8.34. The summed E-state index contributed by atoms with van der Waals surface area (Å²) in [5, 5.41) is 9.73. The molecule has 0 radical (unpaired) electrons. The van der Waals surface area contributed by atoms with Crippen LogP contribution in [0.25, 0.3) is 0 Å². The highest BCUT2D eigenvalue weighted by Crippen LogP contribution is 2.13. The van der Waals surface area contributed by atoms with E-state index in [2.05, 4.69) is 26.0 Å². The molecule has 0 bridgehead atoms. The zero-order valence-corrected chi connectivity index (χ0v) is 18.4. The van der Waals surface area contributed by atoms with Crippen LogP contribution >= 0.6 is 35.3 Å². The van der Waals surface area contributed by atoms with Crippen molar-refractivity contribution in [1.29, 1.82) is 0 Å². The Morgan fingerprint density at radius 1 is 1.38 bits per heavy atom. The summed E-state index contributed by atoms with van der Waals surface area (Å²) in [4.78, 5) is 8.65. The summed E-state index contributed by atoms with van der Waals surface area (Å²) in [5.74, 6) is 0.951. The van der Waals surface area contributed by atoms with Crippen LogP contribution in [0.4, 0.5) is 4.39 Å². The minimum atomic E-state index is -0.300. The Hall–Kier alpha value is -1.42. The summed E-state index contributed by atoms with van der Waals surface area (Å²) >= 11 is 1.70. The SMILES string of the molecule is CN=C(NCCCc1nc(C)cs1)NCC(C)Oc1cccc(F)c1.I. The van der Waals surface area contributed by atoms with Crippen LogP contribution in [-0.2, 0) is 6.42 Å². The molecule has 2 N–H and O–H groups in total. The molecule has 5 nitrogen and oxygen atoms in total. The van der Waals surface area contributed by atoms with Crippen molar-refractivity contribution in [3.63, 3.8) is 0 Å². The second-order valence-electron chi connectivity index (χ2n) is 5.75. The van der Waals surface area contributed by atoms with Crippen molar-refractivity contribution in [2.24, 2.45) is 4.99 Å². The predicted molar refractivity (Wildman–Crippen MR) is 116 cm³/mol. The molecule has 2 aromatic rings. The van der Waals surface area contributed by atoms with Crippen LogP contribution in [0.15, 0.2) is 34.6 Å². The van der Waals surface area contributed by atoms with Crippen molar-refractivity contribution in [2.75, 3.05) is 20.1 Å². The summed E-state index contributed by atoms with van der Waals surface area (Å²) < 4.78 is 18.8. The van der Waals surface area contributed by atoms with E-state index in [1.54, 1.807) is 30.5 Å². The predicted octanol–water partition coefficient (Wildman–Crippen LogP) is 3.77. The zero-order valence-electron chi connectivity index (χ0n) is 15.3. The van der Waals surface area contributed by atoms with Gasteiger partial charge in [-0.15, -0.1) is 35.3 Å². The van der Waals surface area contributed by atoms with E-state index in [4.69, 9.17) is 4.74 Å². The first-order chi connectivity index (χ1) is 12.1. The molecule has 144 valence electrons. The zero-order chi connectivity index (χ0) is 18.1. The van der Waals surface area contributed by atoms with E-state index in [1.165, 1.54) is 17.1 Å². The van der Waals surface area contributed by atoms with Gasteiger partial charge in [-0.2, -0.15) is 0 Å². The van der Waals surface area contributed by atoms with Gasteiger partial charge < -0.3 is 15.4 Å². The summed E-state index contributed by atoms with van der Waals surface area (Å²) in [6, 6.07) is 6.15. The fraction of sp³-hybridized carbons (Fsp3) is 0.444. The molecule has 8 heteroatoms. The average Bonchev–Trinajstić information content (AvgIpc) is 2.99. The minimum Gasteiger partial charge on any atom is -0.489 e. The monoisotopic (exact) mass is 492 g/mol. The van der Waals surface area contributed by atoms with Gasteiger partial charge in [-0.05, 0) is 32.4 Å². The van der Waals surface area contributed by atoms with E-state index < -0.39 is 0 Å². The van der Waals surface area contributed by atoms with E-state index in [0.29, 0.717) is 12.3 Å². The van der Waals surface area contributed by atoms with Crippen LogP contribution in [0.1, 0.15) is 24.0 Å². The lowest BCUT2D eigenvalue weighted by molar-refractivity contribution is 0.223. The number of aliphatic imine (C=N–C) groups is 1. The highest BCUT2D eigenvalue weighted by Gasteiger charge is 2.06. The van der Waals surface area contributed by atoms with Gasteiger partial charge in [0.25, 0.3) is 0 Å². The molecule has 0 spiro atoms. The van der Waals surface area contributed by atoms with Crippen LogP contribution in [0.5, 0.6) is 5.75 Å². The topological polar surface area (TPSA) is 58.5 Å². The number of aryl methyl sites for hydroxylation is 2. The summed E-state index contributed by atoms with van der Waals surface area (Å²) in [5.41, 5.74) is 1.08. The second-order valence-corrected chi connectivity index (χ2v) is 6.69. The van der Waals surface area contributed by atoms with Gasteiger partial charge in [0.15, 0.2) is 5.96 Å². The first-order valence-corrected chi connectivity index (χ1v) is 9.22. The summed E-state index contributed by atoms with van der Waals surface area (Å²) in [6.45, 7) is 5.33. The maximum atomic E-state index is 13.2. The van der Waals surface area contributed by atoms with Crippen molar-refractivity contribution < 1.29 is 9.13 Å². The molecular formula is C18H26FIN4OS. The number of rotatable bonds is 8. The van der Waals surface area contributed by atoms with Crippen LogP contribution in [0.3, 0.4) is 0 Å². The van der Waals surface area contributed by atoms with Crippen LogP contribution in [0.2, 0.25) is 0 Å². The van der Waals surface area contributed by atoms with Gasteiger partial charge in [-0.25, -0.2) is 9.37 Å². The molecular weight excluding hydrogens is 466 g/mol. The number of halogens is 2. The summed E-state index contributed by atoms with van der Waals surface area (Å²) in [6.07, 6.45) is 1.84. The van der Waals surface area contributed by atoms with Crippen molar-refractivity contribution >= 4 is 41.3 Å². The molecule has 1 heterocycles. The third kappa shape index (κ3) is 8.31. The third-order valence-corrected chi connectivity index (χ3v) is 4.47. The lowest BCUT2D eigenvalue weighted by Gasteiger charge is -2.17. The molecule has 0 amide bonds. The molecule has 1 unspecified atom stereocenters. The smallest absolute Gasteiger partial charge is 0.191 e. The highest BCUT2D eigenvalue weighted by atomic mass is 127. The molecule has 0 aliphatic rings. The molecule has 0 saturated heterocycles. The second kappa shape index (κ2) is 12.1. The molecule has 0 fully saturated rings. The van der Waals surface area contributed by atoms with Gasteiger partial charge in [-0.1, -0.05) is 6.07 Å². The molecule has 26 heavy (non-hydrogen) atoms. The van der Waals surface area contributed by atoms with Crippen LogP contribution in [-0.4, -0.2) is 37.2 Å². The van der Waals surface area contributed by atoms with Gasteiger partial charge in [0.05, 0.1) is 11.6 Å². The fourth-order valence-corrected chi connectivity index (χ4v) is 3.06. The maximum Gasteiger partial charge on any atom is 0.191 e. The minimum absolute atomic E-state index is 0. The fourth-order valence-electron chi connectivity index (χ4n) is 2.24. The molecule has 0 aliphatic carbocycles. The molecule has 0 saturated carbocycles. The van der Waals surface area contributed by atoms with Gasteiger partial charge in [-0.3, -0.25) is 4.99 Å². The van der Waals surface area contributed by atoms with E-state index in [0.717, 1.165) is 31.0 Å². The normalized spacial score (nSPS) is 12.2. The Bertz CT molecular complexity index is 695. The highest BCUT2D eigenvalue weighted by molar-refractivity contribution is 14.0. The Morgan fingerprint density at radius 3 is 2.85 bits per heavy atom. The number of hydrogen-bond acceptors (Lipinski definition) is 4. The quantitative estimate of drug-likeness (QED) is 0.255. The summed E-state index contributed by atoms with van der Waals surface area (Å²) in [7, 11) is 1.73. The number of benzene rings is 1. The molecule has 0 aliphatic heterocycles. The number of hydrogen-bond donors (Lipinski definition) is 2. The first kappa shape index (κ1) is 22.6. The van der Waals surface area contributed by atoms with E-state index in [1.807, 2.05) is 13.8 Å². The molecule has 1 atom stereocenters. The maximum absolute atomic E-state index is 13.2. The van der Waals surface area contributed by atoms with Crippen molar-refractivity contribution in [2.45, 2.75) is 32.8 Å². The van der Waals surface area contributed by atoms with Gasteiger partial charge >= 0.3 is 0 Å². The largest absolute Gasteiger partial charge is 0.489 e. The number of ether oxygens (including phenoxy) is 1. The Balaban J connectivity index is 0.00000338.